The summed E-state index contributed by atoms with van der Waals surface area (Å²) in [6.07, 6.45) is 2.50. The number of hydrogen-bond donors (Lipinski definition) is 3. The summed E-state index contributed by atoms with van der Waals surface area (Å²) in [6.45, 7) is 8.56. The molecule has 1 atom stereocenters. The zero-order chi connectivity index (χ0) is 28.7. The van der Waals surface area contributed by atoms with Gasteiger partial charge >= 0.3 is 0 Å². The third-order valence-electron chi connectivity index (χ3n) is 8.09. The minimum absolute atomic E-state index is 0.00138. The fraction of sp³-hybridized carbons (Fsp3) is 0.419. The third kappa shape index (κ3) is 7.04. The van der Waals surface area contributed by atoms with E-state index in [4.69, 9.17) is 4.74 Å². The summed E-state index contributed by atoms with van der Waals surface area (Å²) in [5, 5.41) is 9.60. The molecule has 0 saturated carbocycles. The van der Waals surface area contributed by atoms with Gasteiger partial charge in [0.05, 0.1) is 24.8 Å². The fourth-order valence-corrected chi connectivity index (χ4v) is 5.55. The van der Waals surface area contributed by atoms with Gasteiger partial charge in [-0.1, -0.05) is 12.1 Å². The molecule has 3 saturated heterocycles. The lowest BCUT2D eigenvalue weighted by Crippen LogP contribution is -2.53. The lowest BCUT2D eigenvalue weighted by Gasteiger charge is -2.37. The van der Waals surface area contributed by atoms with Crippen LogP contribution >= 0.6 is 0 Å². The van der Waals surface area contributed by atoms with Crippen molar-refractivity contribution in [2.75, 3.05) is 87.7 Å². The Morgan fingerprint density at radius 1 is 0.905 bits per heavy atom. The molecule has 42 heavy (non-hydrogen) atoms. The van der Waals surface area contributed by atoms with Crippen LogP contribution in [-0.4, -0.2) is 104 Å². The molecule has 11 heteroatoms. The molecule has 3 aliphatic rings. The smallest absolute Gasteiger partial charge is 0.236 e. The van der Waals surface area contributed by atoms with E-state index in [0.717, 1.165) is 87.1 Å². The van der Waals surface area contributed by atoms with Crippen LogP contribution in [-0.2, 0) is 14.3 Å². The Bertz CT molecular complexity index is 1350. The first-order valence-corrected chi connectivity index (χ1v) is 14.8. The van der Waals surface area contributed by atoms with Crippen LogP contribution in [0.2, 0.25) is 0 Å². The van der Waals surface area contributed by atoms with Crippen molar-refractivity contribution < 1.29 is 14.3 Å². The summed E-state index contributed by atoms with van der Waals surface area (Å²) >= 11 is 0. The Labute approximate surface area is 246 Å². The van der Waals surface area contributed by atoms with Crippen molar-refractivity contribution in [1.29, 1.82) is 0 Å². The summed E-state index contributed by atoms with van der Waals surface area (Å²) in [5.74, 6) is 0.660. The summed E-state index contributed by atoms with van der Waals surface area (Å²) in [6, 6.07) is 17.8. The number of nitrogens with one attached hydrogen (secondary N) is 3. The highest BCUT2D eigenvalue weighted by Gasteiger charge is 2.24. The maximum absolute atomic E-state index is 12.7. The minimum Gasteiger partial charge on any atom is -0.381 e. The number of piperazine rings is 2. The van der Waals surface area contributed by atoms with Crippen molar-refractivity contribution in [3.05, 3.63) is 60.8 Å². The molecule has 3 aromatic rings. The molecule has 1 unspecified atom stereocenters. The number of rotatable bonds is 8. The number of ether oxygens (including phenoxy) is 1. The van der Waals surface area contributed by atoms with Gasteiger partial charge in [0, 0.05) is 87.8 Å². The van der Waals surface area contributed by atoms with Crippen LogP contribution in [0.25, 0.3) is 11.3 Å². The van der Waals surface area contributed by atoms with Gasteiger partial charge in [-0.3, -0.25) is 14.5 Å². The molecule has 1 aromatic heterocycles. The molecule has 2 amide bonds. The second kappa shape index (κ2) is 13.3. The summed E-state index contributed by atoms with van der Waals surface area (Å²) in [5.41, 5.74) is 4.51. The topological polar surface area (TPSA) is 115 Å². The number of carbonyl (C=O) groups excluding carboxylic acids is 2. The van der Waals surface area contributed by atoms with Gasteiger partial charge < -0.3 is 30.5 Å². The van der Waals surface area contributed by atoms with E-state index in [-0.39, 0.29) is 17.7 Å². The van der Waals surface area contributed by atoms with Gasteiger partial charge in [0.25, 0.3) is 0 Å². The van der Waals surface area contributed by atoms with E-state index in [9.17, 15) is 9.59 Å². The molecule has 6 rings (SSSR count). The number of anilines is 4. The van der Waals surface area contributed by atoms with E-state index in [1.807, 2.05) is 47.4 Å². The number of amides is 2. The van der Waals surface area contributed by atoms with Gasteiger partial charge in [-0.25, -0.2) is 9.97 Å². The van der Waals surface area contributed by atoms with Crippen LogP contribution in [0.1, 0.15) is 6.42 Å². The van der Waals surface area contributed by atoms with Crippen molar-refractivity contribution in [2.45, 2.75) is 6.42 Å². The molecule has 11 nitrogen and oxygen atoms in total. The van der Waals surface area contributed by atoms with Crippen LogP contribution in [0.5, 0.6) is 0 Å². The van der Waals surface area contributed by atoms with E-state index in [1.165, 1.54) is 0 Å². The van der Waals surface area contributed by atoms with E-state index in [1.54, 1.807) is 6.20 Å². The molecule has 4 heterocycles. The van der Waals surface area contributed by atoms with Gasteiger partial charge in [-0.15, -0.1) is 0 Å². The number of carbonyl (C=O) groups is 2. The maximum Gasteiger partial charge on any atom is 0.236 e. The highest BCUT2D eigenvalue weighted by Crippen LogP contribution is 2.24. The molecule has 2 aromatic carbocycles. The molecule has 0 spiro atoms. The molecule has 3 fully saturated rings. The number of benzene rings is 2. The summed E-state index contributed by atoms with van der Waals surface area (Å²) in [4.78, 5) is 40.7. The lowest BCUT2D eigenvalue weighted by molar-refractivity contribution is -0.132. The van der Waals surface area contributed by atoms with Gasteiger partial charge in [0.15, 0.2) is 0 Å². The average Bonchev–Trinajstić information content (AvgIpc) is 3.58. The molecular formula is C31H38N8O3. The molecular weight excluding hydrogens is 532 g/mol. The van der Waals surface area contributed by atoms with Crippen LogP contribution in [0.3, 0.4) is 0 Å². The second-order valence-corrected chi connectivity index (χ2v) is 11.0. The van der Waals surface area contributed by atoms with E-state index in [0.29, 0.717) is 25.7 Å². The Balaban J connectivity index is 1.00. The maximum atomic E-state index is 12.7. The molecule has 220 valence electrons. The van der Waals surface area contributed by atoms with Crippen molar-refractivity contribution in [3.63, 3.8) is 0 Å². The number of nitrogens with zero attached hydrogens (tertiary/aromatic N) is 5. The Morgan fingerprint density at radius 3 is 2.36 bits per heavy atom. The lowest BCUT2D eigenvalue weighted by atomic mass is 10.1. The molecule has 3 N–H and O–H groups in total. The van der Waals surface area contributed by atoms with Crippen LogP contribution < -0.4 is 20.9 Å². The fourth-order valence-electron chi connectivity index (χ4n) is 5.55. The normalized spacial score (nSPS) is 19.5. The predicted octanol–water partition coefficient (Wildman–Crippen LogP) is 2.42. The Hall–Kier alpha value is -4.06. The van der Waals surface area contributed by atoms with Crippen molar-refractivity contribution in [3.8, 4) is 11.3 Å². The first kappa shape index (κ1) is 28.1. The molecule has 0 bridgehead atoms. The predicted molar refractivity (Wildman–Crippen MR) is 163 cm³/mol. The minimum atomic E-state index is -0.0809. The second-order valence-electron chi connectivity index (χ2n) is 11.0. The van der Waals surface area contributed by atoms with Crippen LogP contribution in [0, 0.1) is 5.92 Å². The Morgan fingerprint density at radius 2 is 1.64 bits per heavy atom. The molecule has 0 radical (unpaired) electrons. The molecule has 0 aliphatic carbocycles. The largest absolute Gasteiger partial charge is 0.381 e. The summed E-state index contributed by atoms with van der Waals surface area (Å²) in [7, 11) is 0. The van der Waals surface area contributed by atoms with Gasteiger partial charge in [0.2, 0.25) is 17.8 Å². The highest BCUT2D eigenvalue weighted by molar-refractivity contribution is 5.93. The van der Waals surface area contributed by atoms with E-state index >= 15 is 0 Å². The zero-order valence-electron chi connectivity index (χ0n) is 23.8. The monoisotopic (exact) mass is 570 g/mol. The average molecular weight is 571 g/mol. The summed E-state index contributed by atoms with van der Waals surface area (Å²) < 4.78 is 5.31. The first-order chi connectivity index (χ1) is 20.6. The van der Waals surface area contributed by atoms with Gasteiger partial charge in [-0.05, 0) is 48.9 Å². The molecule has 3 aliphatic heterocycles. The van der Waals surface area contributed by atoms with E-state index in [2.05, 4.69) is 47.9 Å². The van der Waals surface area contributed by atoms with E-state index < -0.39 is 0 Å². The van der Waals surface area contributed by atoms with Crippen LogP contribution in [0.4, 0.5) is 23.0 Å². The van der Waals surface area contributed by atoms with Gasteiger partial charge in [-0.2, -0.15) is 0 Å². The van der Waals surface area contributed by atoms with Crippen LogP contribution in [0.15, 0.2) is 60.8 Å². The van der Waals surface area contributed by atoms with Crippen molar-refractivity contribution >= 4 is 34.8 Å². The SMILES string of the molecule is O=C(Nc1ccc(-c2ccnc(Nc3ccc(N4CCN(C(=O)CN5CCNCC5)CC4)cc3)n2)cc1)C1CCOC1. The first-order valence-electron chi connectivity index (χ1n) is 14.8. The third-order valence-corrected chi connectivity index (χ3v) is 8.09. The number of aromatic nitrogens is 2. The standard InChI is InChI=1S/C31H38N8O3/c40-29(21-37-14-12-32-13-15-37)39-18-16-38(17-19-39)27-7-5-26(6-8-27)35-31-33-11-9-28(36-31)23-1-3-25(4-2-23)34-30(41)24-10-20-42-22-24/h1-9,11,24,32H,10,12-22H2,(H,34,41)(H,33,35,36). The van der Waals surface area contributed by atoms with Gasteiger partial charge in [0.1, 0.15) is 0 Å². The van der Waals surface area contributed by atoms with Crippen molar-refractivity contribution in [2.24, 2.45) is 5.92 Å². The number of hydrogen-bond acceptors (Lipinski definition) is 9. The van der Waals surface area contributed by atoms with Crippen molar-refractivity contribution in [1.82, 2.24) is 25.1 Å². The zero-order valence-corrected chi connectivity index (χ0v) is 23.8. The Kier molecular flexibility index (Phi) is 8.88. The quantitative estimate of drug-likeness (QED) is 0.376. The highest BCUT2D eigenvalue weighted by atomic mass is 16.5.